The van der Waals surface area contributed by atoms with E-state index in [0.29, 0.717) is 50.9 Å². The van der Waals surface area contributed by atoms with Crippen LogP contribution in [0.25, 0.3) is 0 Å². The first kappa shape index (κ1) is 30.6. The molecule has 43 heavy (non-hydrogen) atoms. The lowest BCUT2D eigenvalue weighted by molar-refractivity contribution is -0.139. The van der Waals surface area contributed by atoms with Crippen molar-refractivity contribution < 1.29 is 36.7 Å². The van der Waals surface area contributed by atoms with E-state index < -0.39 is 52.4 Å². The summed E-state index contributed by atoms with van der Waals surface area (Å²) in [6, 6.07) is 8.62. The average Bonchev–Trinajstić information content (AvgIpc) is 3.18. The molecule has 3 saturated heterocycles. The number of carbonyl (C=O) groups excluding carboxylic acids is 3. The molecule has 3 aliphatic rings. The Morgan fingerprint density at radius 3 is 2.26 bits per heavy atom. The van der Waals surface area contributed by atoms with Crippen LogP contribution in [0.5, 0.6) is 0 Å². The summed E-state index contributed by atoms with van der Waals surface area (Å²) < 4.78 is 59.1. The Morgan fingerprint density at radius 2 is 1.70 bits per heavy atom. The number of likely N-dealkylation sites (tertiary alicyclic amines) is 1. The van der Waals surface area contributed by atoms with Gasteiger partial charge in [0.15, 0.2) is 0 Å². The standard InChI is InChI=1S/C30H35F4N5O4/c1-18(2)25(36-26(40)23-14-19(30(32,33)34)4-9-24(23)31)27(41)38-12-10-29(11-13-38)28(42)37(3)17-39(29)22-7-5-20(6-8-22)35-21-15-43-16-21/h4-9,14,18,21,25,35H,10-13,15-17H2,1-3H3,(H,36,40). The number of alkyl halides is 3. The minimum absolute atomic E-state index is 0.0397. The fourth-order valence-electron chi connectivity index (χ4n) is 5.89. The number of piperidine rings is 1. The molecule has 3 aliphatic heterocycles. The number of hydrogen-bond acceptors (Lipinski definition) is 6. The summed E-state index contributed by atoms with van der Waals surface area (Å²) in [4.78, 5) is 45.2. The second-order valence-corrected chi connectivity index (χ2v) is 11.7. The van der Waals surface area contributed by atoms with Crippen LogP contribution in [0.1, 0.15) is 42.6 Å². The SMILES string of the molecule is CC(C)C(NC(=O)c1cc(C(F)(F)F)ccc1F)C(=O)N1CCC2(CC1)C(=O)N(C)CN2c1ccc(NC2COC2)cc1. The first-order valence-corrected chi connectivity index (χ1v) is 14.2. The minimum Gasteiger partial charge on any atom is -0.378 e. The molecule has 0 radical (unpaired) electrons. The lowest BCUT2D eigenvalue weighted by atomic mass is 9.85. The normalized spacial score (nSPS) is 19.5. The van der Waals surface area contributed by atoms with E-state index in [-0.39, 0.29) is 25.0 Å². The van der Waals surface area contributed by atoms with Gasteiger partial charge in [0, 0.05) is 31.5 Å². The summed E-state index contributed by atoms with van der Waals surface area (Å²) in [5, 5.41) is 5.84. The zero-order valence-electron chi connectivity index (χ0n) is 24.2. The van der Waals surface area contributed by atoms with E-state index in [1.807, 2.05) is 24.3 Å². The predicted octanol–water partition coefficient (Wildman–Crippen LogP) is 3.71. The number of rotatable bonds is 7. The number of hydrogen-bond donors (Lipinski definition) is 2. The number of nitrogens with one attached hydrogen (secondary N) is 2. The molecule has 0 aliphatic carbocycles. The molecule has 9 nitrogen and oxygen atoms in total. The molecule has 1 atom stereocenters. The summed E-state index contributed by atoms with van der Waals surface area (Å²) in [6.07, 6.45) is -4.06. The van der Waals surface area contributed by atoms with Gasteiger partial charge >= 0.3 is 6.18 Å². The van der Waals surface area contributed by atoms with Gasteiger partial charge in [0.05, 0.1) is 37.1 Å². The van der Waals surface area contributed by atoms with Gasteiger partial charge in [0.25, 0.3) is 5.91 Å². The molecule has 1 unspecified atom stereocenters. The maximum Gasteiger partial charge on any atom is 0.416 e. The first-order chi connectivity index (χ1) is 20.3. The molecule has 3 fully saturated rings. The molecule has 2 aromatic carbocycles. The molecule has 2 N–H and O–H groups in total. The van der Waals surface area contributed by atoms with Crippen LogP contribution in [0.2, 0.25) is 0 Å². The first-order valence-electron chi connectivity index (χ1n) is 14.2. The van der Waals surface area contributed by atoms with E-state index in [1.54, 1.807) is 30.7 Å². The van der Waals surface area contributed by atoms with E-state index in [9.17, 15) is 31.9 Å². The van der Waals surface area contributed by atoms with Crippen molar-refractivity contribution in [1.82, 2.24) is 15.1 Å². The van der Waals surface area contributed by atoms with Crippen molar-refractivity contribution in [2.75, 3.05) is 50.2 Å². The molecule has 2 aromatic rings. The van der Waals surface area contributed by atoms with E-state index in [4.69, 9.17) is 4.74 Å². The highest BCUT2D eigenvalue weighted by Crippen LogP contribution is 2.39. The number of ether oxygens (including phenoxy) is 1. The van der Waals surface area contributed by atoms with Crippen LogP contribution in [0, 0.1) is 11.7 Å². The highest BCUT2D eigenvalue weighted by Gasteiger charge is 2.53. The summed E-state index contributed by atoms with van der Waals surface area (Å²) in [5.41, 5.74) is -0.966. The quantitative estimate of drug-likeness (QED) is 0.468. The second kappa shape index (κ2) is 11.7. The maximum atomic E-state index is 14.4. The van der Waals surface area contributed by atoms with Crippen LogP contribution in [-0.2, 0) is 20.5 Å². The van der Waals surface area contributed by atoms with Crippen LogP contribution in [0.4, 0.5) is 28.9 Å². The Labute approximate surface area is 247 Å². The molecular weight excluding hydrogens is 570 g/mol. The second-order valence-electron chi connectivity index (χ2n) is 11.7. The van der Waals surface area contributed by atoms with Crippen LogP contribution >= 0.6 is 0 Å². The largest absolute Gasteiger partial charge is 0.416 e. The topological polar surface area (TPSA) is 94.2 Å². The fourth-order valence-corrected chi connectivity index (χ4v) is 5.89. The molecule has 0 saturated carbocycles. The van der Waals surface area contributed by atoms with Gasteiger partial charge in [-0.3, -0.25) is 14.4 Å². The Kier molecular flexibility index (Phi) is 8.30. The summed E-state index contributed by atoms with van der Waals surface area (Å²) >= 11 is 0. The van der Waals surface area contributed by atoms with Crippen LogP contribution in [-0.4, -0.2) is 85.2 Å². The molecule has 232 valence electrons. The molecular formula is C30H35F4N5O4. The van der Waals surface area contributed by atoms with E-state index in [1.165, 1.54) is 0 Å². The van der Waals surface area contributed by atoms with Crippen molar-refractivity contribution in [3.8, 4) is 0 Å². The van der Waals surface area contributed by atoms with Gasteiger partial charge in [-0.25, -0.2) is 4.39 Å². The number of nitrogens with zero attached hydrogens (tertiary/aromatic N) is 3. The Morgan fingerprint density at radius 1 is 1.05 bits per heavy atom. The third-order valence-electron chi connectivity index (χ3n) is 8.46. The zero-order valence-corrected chi connectivity index (χ0v) is 24.2. The van der Waals surface area contributed by atoms with Crippen molar-refractivity contribution in [1.29, 1.82) is 0 Å². The van der Waals surface area contributed by atoms with Crippen LogP contribution in [0.15, 0.2) is 42.5 Å². The Balaban J connectivity index is 1.28. The van der Waals surface area contributed by atoms with Crippen molar-refractivity contribution in [3.63, 3.8) is 0 Å². The Bertz CT molecular complexity index is 1370. The van der Waals surface area contributed by atoms with E-state index in [2.05, 4.69) is 15.5 Å². The number of amides is 3. The number of benzene rings is 2. The van der Waals surface area contributed by atoms with Crippen LogP contribution < -0.4 is 15.5 Å². The summed E-state index contributed by atoms with van der Waals surface area (Å²) in [5.74, 6) is -3.14. The van der Waals surface area contributed by atoms with E-state index in [0.717, 1.165) is 11.4 Å². The third kappa shape index (κ3) is 5.99. The molecule has 13 heteroatoms. The van der Waals surface area contributed by atoms with Gasteiger partial charge in [-0.2, -0.15) is 13.2 Å². The van der Waals surface area contributed by atoms with Gasteiger partial charge < -0.3 is 30.1 Å². The highest BCUT2D eigenvalue weighted by atomic mass is 19.4. The van der Waals surface area contributed by atoms with E-state index >= 15 is 0 Å². The predicted molar refractivity (Wildman–Crippen MR) is 151 cm³/mol. The highest BCUT2D eigenvalue weighted by molar-refractivity contribution is 5.98. The van der Waals surface area contributed by atoms with Crippen molar-refractivity contribution in [3.05, 3.63) is 59.4 Å². The monoisotopic (exact) mass is 605 g/mol. The number of anilines is 2. The van der Waals surface area contributed by atoms with Gasteiger partial charge in [-0.15, -0.1) is 0 Å². The molecule has 1 spiro atoms. The molecule has 5 rings (SSSR count). The lowest BCUT2D eigenvalue weighted by Gasteiger charge is -2.44. The average molecular weight is 606 g/mol. The molecule has 0 bridgehead atoms. The smallest absolute Gasteiger partial charge is 0.378 e. The third-order valence-corrected chi connectivity index (χ3v) is 8.46. The zero-order chi connectivity index (χ0) is 31.1. The minimum atomic E-state index is -4.76. The number of likely N-dealkylation sites (N-methyl/N-ethyl adjacent to an activating group) is 1. The Hall–Kier alpha value is -3.87. The van der Waals surface area contributed by atoms with Gasteiger partial charge in [-0.05, 0) is 61.2 Å². The summed E-state index contributed by atoms with van der Waals surface area (Å²) in [6.45, 7) is 5.54. The lowest BCUT2D eigenvalue weighted by Crippen LogP contribution is -2.60. The molecule has 3 amide bonds. The van der Waals surface area contributed by atoms with Gasteiger partial charge in [0.1, 0.15) is 17.4 Å². The number of halogens is 4. The van der Waals surface area contributed by atoms with Gasteiger partial charge in [0.2, 0.25) is 11.8 Å². The maximum absolute atomic E-state index is 14.4. The number of carbonyl (C=O) groups is 3. The van der Waals surface area contributed by atoms with Crippen LogP contribution in [0.3, 0.4) is 0 Å². The molecule has 0 aromatic heterocycles. The summed E-state index contributed by atoms with van der Waals surface area (Å²) in [7, 11) is 1.74. The molecule has 3 heterocycles. The van der Waals surface area contributed by atoms with Gasteiger partial charge in [-0.1, -0.05) is 13.8 Å². The van der Waals surface area contributed by atoms with Crippen molar-refractivity contribution in [2.24, 2.45) is 5.92 Å². The fraction of sp³-hybridized carbons (Fsp3) is 0.500. The van der Waals surface area contributed by atoms with Crippen molar-refractivity contribution >= 4 is 29.1 Å². The van der Waals surface area contributed by atoms with Crippen molar-refractivity contribution in [2.45, 2.75) is 50.5 Å².